The summed E-state index contributed by atoms with van der Waals surface area (Å²) in [5, 5.41) is 0. The number of hydrogen-bond donors (Lipinski definition) is 0. The molecule has 0 radical (unpaired) electrons. The van der Waals surface area contributed by atoms with E-state index in [-0.39, 0.29) is 0 Å². The summed E-state index contributed by atoms with van der Waals surface area (Å²) in [7, 11) is 0. The molecule has 0 saturated heterocycles. The topological polar surface area (TPSA) is 17.2 Å². The Morgan fingerprint density at radius 2 is 1.47 bits per heavy atom. The zero-order chi connectivity index (χ0) is 21.1. The molecule has 0 N–H and O–H groups in total. The van der Waals surface area contributed by atoms with Crippen LogP contribution in [0.5, 0.6) is 0 Å². The Hall–Kier alpha value is -3.89. The van der Waals surface area contributed by atoms with E-state index in [1.165, 1.54) is 44.8 Å². The molecule has 7 rings (SSSR count). The fourth-order valence-electron chi connectivity index (χ4n) is 5.68. The summed E-state index contributed by atoms with van der Waals surface area (Å²) >= 11 is 0. The standard InChI is InChI=1S/C28H21BN2O/c1-3-10-21(11-4-1)28-26-16-9-19-30(26)29(23-13-5-2-6-14-23)31-25(17-18-27(28)31)24-15-8-7-12-22(24)20-32-29/h1-19H,20H2/t29-/m0/s1. The van der Waals surface area contributed by atoms with E-state index in [9.17, 15) is 0 Å². The minimum atomic E-state index is -1.72. The van der Waals surface area contributed by atoms with Crippen molar-refractivity contribution >= 4 is 23.9 Å². The van der Waals surface area contributed by atoms with E-state index in [0.717, 1.165) is 0 Å². The molecule has 3 aliphatic rings. The van der Waals surface area contributed by atoms with Crippen molar-refractivity contribution in [2.24, 2.45) is 0 Å². The second-order valence-electron chi connectivity index (χ2n) is 8.60. The highest BCUT2D eigenvalue weighted by atomic mass is 16.5. The summed E-state index contributed by atoms with van der Waals surface area (Å²) in [6.07, 6.45) is 6.53. The van der Waals surface area contributed by atoms with Gasteiger partial charge in [-0.25, -0.2) is 0 Å². The molecule has 3 aliphatic heterocycles. The molecule has 1 aromatic heterocycles. The minimum Gasteiger partial charge on any atom is -0.504 e. The van der Waals surface area contributed by atoms with Crippen LogP contribution >= 0.6 is 0 Å². The molecule has 4 aromatic rings. The zero-order valence-corrected chi connectivity index (χ0v) is 17.6. The maximum Gasteiger partial charge on any atom is 0.545 e. The van der Waals surface area contributed by atoms with Crippen LogP contribution in [0.15, 0.2) is 115 Å². The van der Waals surface area contributed by atoms with Gasteiger partial charge in [-0.1, -0.05) is 90.4 Å². The highest BCUT2D eigenvalue weighted by molar-refractivity contribution is 6.80. The van der Waals surface area contributed by atoms with Gasteiger partial charge in [0.25, 0.3) is 0 Å². The van der Waals surface area contributed by atoms with E-state index in [1.54, 1.807) is 0 Å². The van der Waals surface area contributed by atoms with Crippen LogP contribution < -0.4 is 5.46 Å². The first kappa shape index (κ1) is 17.8. The zero-order valence-electron chi connectivity index (χ0n) is 17.6. The molecule has 0 bridgehead atoms. The first-order valence-corrected chi connectivity index (χ1v) is 11.1. The van der Waals surface area contributed by atoms with E-state index in [1.807, 2.05) is 0 Å². The lowest BCUT2D eigenvalue weighted by Crippen LogP contribution is -2.67. The van der Waals surface area contributed by atoms with Crippen molar-refractivity contribution < 1.29 is 9.14 Å². The average molecular weight is 412 g/mol. The van der Waals surface area contributed by atoms with Crippen molar-refractivity contribution in [1.82, 2.24) is 4.48 Å². The number of benzene rings is 3. The van der Waals surface area contributed by atoms with Gasteiger partial charge >= 0.3 is 6.62 Å². The third-order valence-corrected chi connectivity index (χ3v) is 7.00. The molecule has 0 amide bonds. The van der Waals surface area contributed by atoms with Crippen LogP contribution in [-0.4, -0.2) is 21.8 Å². The molecule has 4 heteroatoms. The number of aromatic nitrogens is 1. The molecule has 3 aromatic carbocycles. The Labute approximate surface area is 187 Å². The largest absolute Gasteiger partial charge is 0.545 e. The summed E-state index contributed by atoms with van der Waals surface area (Å²) in [6.45, 7) is -1.16. The number of hydrogen-bond acceptors (Lipinski definition) is 1. The summed E-state index contributed by atoms with van der Waals surface area (Å²) in [6, 6.07) is 34.5. The minimum absolute atomic E-state index is 0.560. The summed E-state index contributed by atoms with van der Waals surface area (Å²) in [5.41, 5.74) is 9.65. The van der Waals surface area contributed by atoms with E-state index in [0.29, 0.717) is 6.61 Å². The molecule has 0 spiro atoms. The number of nitrogens with zero attached hydrogens (tertiary/aromatic N) is 2. The molecule has 4 heterocycles. The van der Waals surface area contributed by atoms with Gasteiger partial charge in [-0.2, -0.15) is 0 Å². The molecule has 152 valence electrons. The predicted molar refractivity (Wildman–Crippen MR) is 130 cm³/mol. The third kappa shape index (κ3) is 2.22. The van der Waals surface area contributed by atoms with Crippen molar-refractivity contribution in [1.29, 1.82) is 0 Å². The normalized spacial score (nSPS) is 20.3. The third-order valence-electron chi connectivity index (χ3n) is 7.00. The van der Waals surface area contributed by atoms with E-state index < -0.39 is 6.62 Å². The van der Waals surface area contributed by atoms with Gasteiger partial charge < -0.3 is 13.6 Å². The highest BCUT2D eigenvalue weighted by Crippen LogP contribution is 2.43. The van der Waals surface area contributed by atoms with Gasteiger partial charge in [0.05, 0.1) is 5.57 Å². The first-order valence-electron chi connectivity index (χ1n) is 11.1. The van der Waals surface area contributed by atoms with Gasteiger partial charge in [-0.05, 0) is 23.3 Å². The number of rotatable bonds is 2. The van der Waals surface area contributed by atoms with Crippen LogP contribution in [0.4, 0.5) is 0 Å². The molecule has 32 heavy (non-hydrogen) atoms. The number of fused-ring (bicyclic) bond motifs is 4. The quantitative estimate of drug-likeness (QED) is 0.432. The van der Waals surface area contributed by atoms with Crippen LogP contribution in [0.1, 0.15) is 16.8 Å². The lowest BCUT2D eigenvalue weighted by Gasteiger charge is -2.43. The van der Waals surface area contributed by atoms with Crippen molar-refractivity contribution in [2.75, 3.05) is 0 Å². The summed E-state index contributed by atoms with van der Waals surface area (Å²) in [4.78, 5) is 0. The SMILES string of the molecule is C1=CC2=C(c3ccccc3)c3ccc4n3[B@@-](c3ccccc3)(OCc3ccccc3-4)[N+]2=C1. The van der Waals surface area contributed by atoms with Crippen molar-refractivity contribution in [3.05, 3.63) is 132 Å². The maximum atomic E-state index is 7.01. The first-order chi connectivity index (χ1) is 15.9. The van der Waals surface area contributed by atoms with Gasteiger partial charge in [0.15, 0.2) is 5.70 Å². The van der Waals surface area contributed by atoms with Crippen LogP contribution in [0.2, 0.25) is 0 Å². The Kier molecular flexibility index (Phi) is 3.64. The molecule has 0 fully saturated rings. The lowest BCUT2D eigenvalue weighted by molar-refractivity contribution is -0.349. The van der Waals surface area contributed by atoms with Gasteiger partial charge in [-0.15, -0.1) is 0 Å². The second-order valence-corrected chi connectivity index (χ2v) is 8.60. The van der Waals surface area contributed by atoms with Crippen LogP contribution in [-0.2, 0) is 11.3 Å². The van der Waals surface area contributed by atoms with E-state index in [4.69, 9.17) is 4.65 Å². The Morgan fingerprint density at radius 1 is 0.750 bits per heavy atom. The van der Waals surface area contributed by atoms with Gasteiger partial charge in [0.2, 0.25) is 0 Å². The second kappa shape index (κ2) is 6.55. The molecule has 1 atom stereocenters. The molecule has 3 nitrogen and oxygen atoms in total. The fourth-order valence-corrected chi connectivity index (χ4v) is 5.68. The van der Waals surface area contributed by atoms with E-state index in [2.05, 4.69) is 124 Å². The molecular weight excluding hydrogens is 391 g/mol. The molecular formula is C28H21BN2O. The Bertz CT molecular complexity index is 1460. The van der Waals surface area contributed by atoms with Gasteiger partial charge in [0.1, 0.15) is 6.21 Å². The Morgan fingerprint density at radius 3 is 2.31 bits per heavy atom. The van der Waals surface area contributed by atoms with Crippen LogP contribution in [0, 0.1) is 0 Å². The van der Waals surface area contributed by atoms with Crippen LogP contribution in [0.25, 0.3) is 16.8 Å². The van der Waals surface area contributed by atoms with E-state index >= 15 is 0 Å². The van der Waals surface area contributed by atoms with Gasteiger partial charge in [0, 0.05) is 35.7 Å². The van der Waals surface area contributed by atoms with Crippen molar-refractivity contribution in [2.45, 2.75) is 6.61 Å². The molecule has 0 aliphatic carbocycles. The smallest absolute Gasteiger partial charge is 0.504 e. The molecule has 0 saturated carbocycles. The van der Waals surface area contributed by atoms with Gasteiger partial charge in [-0.3, -0.25) is 0 Å². The summed E-state index contributed by atoms with van der Waals surface area (Å²) in [5.74, 6) is 0. The Balaban J connectivity index is 1.63. The number of allylic oxidation sites excluding steroid dienone is 2. The molecule has 0 unspecified atom stereocenters. The van der Waals surface area contributed by atoms with Crippen molar-refractivity contribution in [3.8, 4) is 11.3 Å². The summed E-state index contributed by atoms with van der Waals surface area (Å²) < 4.78 is 11.8. The maximum absolute atomic E-state index is 7.01. The van der Waals surface area contributed by atoms with Crippen molar-refractivity contribution in [3.63, 3.8) is 0 Å². The highest BCUT2D eigenvalue weighted by Gasteiger charge is 2.53. The van der Waals surface area contributed by atoms with Crippen LogP contribution in [0.3, 0.4) is 0 Å². The fraction of sp³-hybridized carbons (Fsp3) is 0.0357. The lowest BCUT2D eigenvalue weighted by atomic mass is 9.55. The average Bonchev–Trinajstić information content (AvgIpc) is 3.49. The predicted octanol–water partition coefficient (Wildman–Crippen LogP) is 4.81. The monoisotopic (exact) mass is 412 g/mol.